The molecule has 0 fully saturated rings. The molecule has 2 aromatic rings. The standard InChI is InChI=1S/C8H7N.CH4/c1-2-4-8-6-9-5-7(8)3-1;/h1-6,9H;1H4. The topological polar surface area (TPSA) is 15.8 Å². The van der Waals surface area contributed by atoms with Crippen LogP contribution in [0.4, 0.5) is 0 Å². The summed E-state index contributed by atoms with van der Waals surface area (Å²) in [6.07, 6.45) is 3.99. The van der Waals surface area contributed by atoms with Crippen molar-refractivity contribution in [3.63, 3.8) is 0 Å². The average Bonchev–Trinajstić information content (AvgIpc) is 2.33. The summed E-state index contributed by atoms with van der Waals surface area (Å²) >= 11 is 0. The van der Waals surface area contributed by atoms with E-state index in [0.29, 0.717) is 0 Å². The summed E-state index contributed by atoms with van der Waals surface area (Å²) in [6, 6.07) is 8.25. The first kappa shape index (κ1) is 6.87. The van der Waals surface area contributed by atoms with Gasteiger partial charge in [0.1, 0.15) is 0 Å². The fraction of sp³-hybridized carbons (Fsp3) is 0.111. The van der Waals surface area contributed by atoms with E-state index in [1.165, 1.54) is 10.8 Å². The van der Waals surface area contributed by atoms with Gasteiger partial charge in [-0.05, 0) is 10.8 Å². The van der Waals surface area contributed by atoms with Crippen molar-refractivity contribution >= 4 is 10.8 Å². The van der Waals surface area contributed by atoms with E-state index in [4.69, 9.17) is 0 Å². The molecule has 1 heteroatoms. The number of aromatic amines is 1. The van der Waals surface area contributed by atoms with Crippen LogP contribution in [0.3, 0.4) is 0 Å². The largest absolute Gasteiger partial charge is 0.366 e. The molecule has 52 valence electrons. The SMILES string of the molecule is C.c1ccc2c[nH]cc2c1. The van der Waals surface area contributed by atoms with E-state index >= 15 is 0 Å². The molecule has 0 spiro atoms. The van der Waals surface area contributed by atoms with Gasteiger partial charge in [0.05, 0.1) is 0 Å². The lowest BCUT2D eigenvalue weighted by Crippen LogP contribution is -1.57. The molecule has 0 aliphatic carbocycles. The smallest absolute Gasteiger partial charge is 0.00843 e. The van der Waals surface area contributed by atoms with Gasteiger partial charge in [-0.2, -0.15) is 0 Å². The molecule has 0 aliphatic heterocycles. The van der Waals surface area contributed by atoms with Crippen molar-refractivity contribution in [3.05, 3.63) is 36.7 Å². The molecule has 1 aromatic carbocycles. The maximum Gasteiger partial charge on any atom is 0.00843 e. The normalized spacial score (nSPS) is 9.20. The summed E-state index contributed by atoms with van der Waals surface area (Å²) in [7, 11) is 0. The minimum absolute atomic E-state index is 0. The predicted octanol–water partition coefficient (Wildman–Crippen LogP) is 2.80. The minimum Gasteiger partial charge on any atom is -0.366 e. The van der Waals surface area contributed by atoms with Crippen molar-refractivity contribution in [2.24, 2.45) is 0 Å². The second kappa shape index (κ2) is 2.56. The summed E-state index contributed by atoms with van der Waals surface area (Å²) in [5, 5.41) is 2.55. The Kier molecular flexibility index (Phi) is 1.76. The molecule has 10 heavy (non-hydrogen) atoms. The number of hydrogen-bond acceptors (Lipinski definition) is 0. The van der Waals surface area contributed by atoms with Gasteiger partial charge in [0.25, 0.3) is 0 Å². The highest BCUT2D eigenvalue weighted by molar-refractivity contribution is 5.81. The van der Waals surface area contributed by atoms with E-state index < -0.39 is 0 Å². The zero-order chi connectivity index (χ0) is 6.10. The number of aromatic nitrogens is 1. The van der Waals surface area contributed by atoms with Gasteiger partial charge in [-0.1, -0.05) is 31.7 Å². The molecule has 0 aliphatic rings. The monoisotopic (exact) mass is 133 g/mol. The summed E-state index contributed by atoms with van der Waals surface area (Å²) in [5.74, 6) is 0. The fourth-order valence-corrected chi connectivity index (χ4v) is 0.995. The first-order valence-corrected chi connectivity index (χ1v) is 2.98. The third-order valence-electron chi connectivity index (χ3n) is 1.47. The van der Waals surface area contributed by atoms with Gasteiger partial charge in [0.2, 0.25) is 0 Å². The number of nitrogens with one attached hydrogen (secondary N) is 1. The van der Waals surface area contributed by atoms with Gasteiger partial charge in [0.15, 0.2) is 0 Å². The third-order valence-corrected chi connectivity index (χ3v) is 1.47. The molecule has 0 saturated heterocycles. The number of H-pyrrole nitrogens is 1. The van der Waals surface area contributed by atoms with Crippen LogP contribution in [-0.4, -0.2) is 4.98 Å². The summed E-state index contributed by atoms with van der Waals surface area (Å²) in [4.78, 5) is 3.04. The maximum absolute atomic E-state index is 3.04. The minimum atomic E-state index is 0. The summed E-state index contributed by atoms with van der Waals surface area (Å²) in [6.45, 7) is 0. The third kappa shape index (κ3) is 0.903. The lowest BCUT2D eigenvalue weighted by molar-refractivity contribution is 1.43. The molecule has 0 radical (unpaired) electrons. The first-order valence-electron chi connectivity index (χ1n) is 2.98. The zero-order valence-electron chi connectivity index (χ0n) is 4.96. The second-order valence-electron chi connectivity index (χ2n) is 2.08. The van der Waals surface area contributed by atoms with Crippen LogP contribution in [0.5, 0.6) is 0 Å². The Labute approximate surface area is 60.7 Å². The van der Waals surface area contributed by atoms with Gasteiger partial charge in [-0.3, -0.25) is 0 Å². The highest BCUT2D eigenvalue weighted by atomic mass is 14.6. The lowest BCUT2D eigenvalue weighted by Gasteiger charge is -1.81. The lowest BCUT2D eigenvalue weighted by atomic mass is 10.2. The molecule has 0 amide bonds. The quantitative estimate of drug-likeness (QED) is 0.568. The van der Waals surface area contributed by atoms with Crippen molar-refractivity contribution in [2.75, 3.05) is 0 Å². The van der Waals surface area contributed by atoms with Crippen LogP contribution in [0, 0.1) is 0 Å². The molecular weight excluding hydrogens is 122 g/mol. The van der Waals surface area contributed by atoms with Crippen molar-refractivity contribution in [2.45, 2.75) is 7.43 Å². The highest BCUT2D eigenvalue weighted by Crippen LogP contribution is 2.10. The Balaban J connectivity index is 0.000000500. The van der Waals surface area contributed by atoms with Crippen LogP contribution in [0.1, 0.15) is 7.43 Å². The van der Waals surface area contributed by atoms with Crippen LogP contribution in [0.2, 0.25) is 0 Å². The van der Waals surface area contributed by atoms with Gasteiger partial charge >= 0.3 is 0 Å². The maximum atomic E-state index is 3.04. The van der Waals surface area contributed by atoms with Gasteiger partial charge in [0, 0.05) is 12.4 Å². The molecule has 0 unspecified atom stereocenters. The van der Waals surface area contributed by atoms with E-state index in [1.54, 1.807) is 0 Å². The fourth-order valence-electron chi connectivity index (χ4n) is 0.995. The van der Waals surface area contributed by atoms with Gasteiger partial charge in [-0.15, -0.1) is 0 Å². The Bertz CT molecular complexity index is 279. The van der Waals surface area contributed by atoms with E-state index in [2.05, 4.69) is 17.1 Å². The van der Waals surface area contributed by atoms with Crippen molar-refractivity contribution in [1.29, 1.82) is 0 Å². The molecule has 1 aromatic heterocycles. The van der Waals surface area contributed by atoms with Crippen LogP contribution in [0.15, 0.2) is 36.7 Å². The van der Waals surface area contributed by atoms with Crippen LogP contribution >= 0.6 is 0 Å². The average molecular weight is 133 g/mol. The summed E-state index contributed by atoms with van der Waals surface area (Å²) < 4.78 is 0. The summed E-state index contributed by atoms with van der Waals surface area (Å²) in [5.41, 5.74) is 0. The van der Waals surface area contributed by atoms with Crippen LogP contribution in [0.25, 0.3) is 10.8 Å². The Morgan fingerprint density at radius 2 is 1.40 bits per heavy atom. The highest BCUT2D eigenvalue weighted by Gasteiger charge is 1.86. The van der Waals surface area contributed by atoms with E-state index in [0.717, 1.165) is 0 Å². The molecule has 0 saturated carbocycles. The predicted molar refractivity (Wildman–Crippen MR) is 45.0 cm³/mol. The molecule has 2 rings (SSSR count). The van der Waals surface area contributed by atoms with Crippen molar-refractivity contribution < 1.29 is 0 Å². The molecule has 0 bridgehead atoms. The number of benzene rings is 1. The molecule has 1 heterocycles. The number of rotatable bonds is 0. The molecule has 1 nitrogen and oxygen atoms in total. The van der Waals surface area contributed by atoms with Gasteiger partial charge < -0.3 is 4.98 Å². The van der Waals surface area contributed by atoms with Gasteiger partial charge in [-0.25, -0.2) is 0 Å². The van der Waals surface area contributed by atoms with Crippen LogP contribution in [-0.2, 0) is 0 Å². The zero-order valence-corrected chi connectivity index (χ0v) is 4.96. The Morgan fingerprint density at radius 3 is 1.90 bits per heavy atom. The number of fused-ring (bicyclic) bond motifs is 1. The van der Waals surface area contributed by atoms with E-state index in [-0.39, 0.29) is 7.43 Å². The first-order chi connectivity index (χ1) is 4.47. The second-order valence-corrected chi connectivity index (χ2v) is 2.08. The van der Waals surface area contributed by atoms with E-state index in [9.17, 15) is 0 Å². The molecule has 0 atom stereocenters. The van der Waals surface area contributed by atoms with Crippen molar-refractivity contribution in [1.82, 2.24) is 4.98 Å². The van der Waals surface area contributed by atoms with Crippen LogP contribution < -0.4 is 0 Å². The van der Waals surface area contributed by atoms with Crippen molar-refractivity contribution in [3.8, 4) is 0 Å². The Morgan fingerprint density at radius 1 is 0.900 bits per heavy atom. The Hall–Kier alpha value is -1.24. The number of hydrogen-bond donors (Lipinski definition) is 1. The molecule has 1 N–H and O–H groups in total. The molecular formula is C9H11N. The van der Waals surface area contributed by atoms with E-state index in [1.807, 2.05) is 24.5 Å².